The number of hydrogen-bond donors (Lipinski definition) is 1. The van der Waals surface area contributed by atoms with Crippen molar-refractivity contribution in [3.63, 3.8) is 0 Å². The van der Waals surface area contributed by atoms with Crippen molar-refractivity contribution in [2.24, 2.45) is 0 Å². The largest absolute Gasteiger partial charge is 0.497 e. The molecular formula is C20H22NO2+. The Morgan fingerprint density at radius 3 is 2.04 bits per heavy atom. The quantitative estimate of drug-likeness (QED) is 0.759. The Hall–Kier alpha value is -2.52. The molecule has 0 aromatic heterocycles. The topological polar surface area (TPSA) is 35.1 Å². The molecule has 3 aromatic carbocycles. The van der Waals surface area contributed by atoms with Gasteiger partial charge in [0.2, 0.25) is 0 Å². The zero-order valence-corrected chi connectivity index (χ0v) is 13.6. The monoisotopic (exact) mass is 308 g/mol. The number of rotatable bonds is 6. The van der Waals surface area contributed by atoms with Crippen LogP contribution in [0.15, 0.2) is 60.7 Å². The van der Waals surface area contributed by atoms with Gasteiger partial charge in [-0.05, 0) is 29.0 Å². The molecule has 3 rings (SSSR count). The number of hydrogen-bond acceptors (Lipinski definition) is 2. The van der Waals surface area contributed by atoms with E-state index in [1.807, 2.05) is 6.07 Å². The van der Waals surface area contributed by atoms with Crippen LogP contribution >= 0.6 is 0 Å². The molecule has 23 heavy (non-hydrogen) atoms. The molecule has 0 atom stereocenters. The maximum absolute atomic E-state index is 5.32. The molecule has 0 bridgehead atoms. The molecule has 0 spiro atoms. The molecule has 0 heterocycles. The lowest BCUT2D eigenvalue weighted by molar-refractivity contribution is -0.686. The zero-order valence-electron chi connectivity index (χ0n) is 13.6. The van der Waals surface area contributed by atoms with Crippen molar-refractivity contribution in [2.75, 3.05) is 14.2 Å². The van der Waals surface area contributed by atoms with Crippen LogP contribution in [0.3, 0.4) is 0 Å². The molecule has 118 valence electrons. The predicted molar refractivity (Wildman–Crippen MR) is 92.8 cm³/mol. The fourth-order valence-corrected chi connectivity index (χ4v) is 2.76. The maximum Gasteiger partial charge on any atom is 0.123 e. The molecule has 0 unspecified atom stereocenters. The van der Waals surface area contributed by atoms with E-state index < -0.39 is 0 Å². The van der Waals surface area contributed by atoms with Crippen LogP contribution in [0.5, 0.6) is 11.5 Å². The van der Waals surface area contributed by atoms with E-state index in [4.69, 9.17) is 9.47 Å². The van der Waals surface area contributed by atoms with Crippen LogP contribution in [0.25, 0.3) is 10.8 Å². The highest BCUT2D eigenvalue weighted by atomic mass is 16.5. The van der Waals surface area contributed by atoms with E-state index in [0.717, 1.165) is 24.6 Å². The zero-order chi connectivity index (χ0) is 16.1. The molecule has 3 nitrogen and oxygen atoms in total. The molecule has 3 heteroatoms. The van der Waals surface area contributed by atoms with E-state index in [2.05, 4.69) is 59.9 Å². The molecule has 0 aliphatic rings. The SMILES string of the molecule is COc1cc(C[NH2+]Cc2ccc3ccccc3c2)cc(OC)c1. The summed E-state index contributed by atoms with van der Waals surface area (Å²) < 4.78 is 10.6. The first kappa shape index (κ1) is 15.4. The van der Waals surface area contributed by atoms with Crippen LogP contribution in [0, 0.1) is 0 Å². The van der Waals surface area contributed by atoms with Crippen molar-refractivity contribution in [1.29, 1.82) is 0 Å². The van der Waals surface area contributed by atoms with Gasteiger partial charge >= 0.3 is 0 Å². The standard InChI is InChI=1S/C20H21NO2/c1-22-19-10-16(11-20(12-19)23-2)14-21-13-15-7-8-17-5-3-4-6-18(17)9-15/h3-12,21H,13-14H2,1-2H3/p+1. The molecule has 0 aliphatic carbocycles. The summed E-state index contributed by atoms with van der Waals surface area (Å²) in [6.07, 6.45) is 0. The maximum atomic E-state index is 5.32. The van der Waals surface area contributed by atoms with Gasteiger partial charge in [0, 0.05) is 17.2 Å². The first-order chi connectivity index (χ1) is 11.3. The fourth-order valence-electron chi connectivity index (χ4n) is 2.76. The Bertz CT molecular complexity index is 776. The minimum atomic E-state index is 0.832. The summed E-state index contributed by atoms with van der Waals surface area (Å²) >= 11 is 0. The van der Waals surface area contributed by atoms with Crippen molar-refractivity contribution >= 4 is 10.8 Å². The van der Waals surface area contributed by atoms with Crippen LogP contribution in [0.2, 0.25) is 0 Å². The second-order valence-corrected chi connectivity index (χ2v) is 5.60. The molecule has 0 radical (unpaired) electrons. The number of nitrogens with two attached hydrogens (primary N) is 1. The molecule has 0 saturated heterocycles. The van der Waals surface area contributed by atoms with E-state index in [0.29, 0.717) is 0 Å². The number of fused-ring (bicyclic) bond motifs is 1. The summed E-state index contributed by atoms with van der Waals surface area (Å²) in [5, 5.41) is 4.87. The average Bonchev–Trinajstić information content (AvgIpc) is 2.61. The lowest BCUT2D eigenvalue weighted by Gasteiger charge is -2.08. The lowest BCUT2D eigenvalue weighted by atomic mass is 10.1. The highest BCUT2D eigenvalue weighted by Gasteiger charge is 2.04. The van der Waals surface area contributed by atoms with Gasteiger partial charge in [-0.15, -0.1) is 0 Å². The van der Waals surface area contributed by atoms with Crippen LogP contribution in [0.4, 0.5) is 0 Å². The van der Waals surface area contributed by atoms with Crippen LogP contribution < -0.4 is 14.8 Å². The Morgan fingerprint density at radius 2 is 1.35 bits per heavy atom. The number of ether oxygens (including phenoxy) is 2. The molecule has 0 amide bonds. The molecule has 0 saturated carbocycles. The third-order valence-electron chi connectivity index (χ3n) is 3.99. The van der Waals surface area contributed by atoms with Crippen molar-refractivity contribution in [2.45, 2.75) is 13.1 Å². The van der Waals surface area contributed by atoms with Crippen LogP contribution in [0.1, 0.15) is 11.1 Å². The predicted octanol–water partition coefficient (Wildman–Crippen LogP) is 3.12. The summed E-state index contributed by atoms with van der Waals surface area (Å²) in [6.45, 7) is 1.84. The number of benzene rings is 3. The average molecular weight is 308 g/mol. The van der Waals surface area contributed by atoms with Crippen molar-refractivity contribution in [3.05, 3.63) is 71.8 Å². The van der Waals surface area contributed by atoms with Crippen molar-refractivity contribution in [3.8, 4) is 11.5 Å². The van der Waals surface area contributed by atoms with Gasteiger partial charge in [-0.25, -0.2) is 0 Å². The minimum absolute atomic E-state index is 0.832. The Labute approximate surface area is 136 Å². The van der Waals surface area contributed by atoms with Gasteiger partial charge < -0.3 is 14.8 Å². The highest BCUT2D eigenvalue weighted by molar-refractivity contribution is 5.82. The van der Waals surface area contributed by atoms with E-state index in [1.54, 1.807) is 14.2 Å². The molecular weight excluding hydrogens is 286 g/mol. The van der Waals surface area contributed by atoms with Gasteiger partial charge in [0.1, 0.15) is 24.6 Å². The van der Waals surface area contributed by atoms with Gasteiger partial charge in [-0.1, -0.05) is 36.4 Å². The van der Waals surface area contributed by atoms with Crippen molar-refractivity contribution in [1.82, 2.24) is 0 Å². The van der Waals surface area contributed by atoms with Gasteiger partial charge in [0.15, 0.2) is 0 Å². The van der Waals surface area contributed by atoms with Gasteiger partial charge in [-0.3, -0.25) is 0 Å². The van der Waals surface area contributed by atoms with Crippen LogP contribution in [-0.4, -0.2) is 14.2 Å². The first-order valence-corrected chi connectivity index (χ1v) is 7.80. The smallest absolute Gasteiger partial charge is 0.123 e. The van der Waals surface area contributed by atoms with E-state index in [-0.39, 0.29) is 0 Å². The second-order valence-electron chi connectivity index (χ2n) is 5.60. The molecule has 3 aromatic rings. The van der Waals surface area contributed by atoms with Gasteiger partial charge in [0.05, 0.1) is 14.2 Å². The summed E-state index contributed by atoms with van der Waals surface area (Å²) in [7, 11) is 3.36. The summed E-state index contributed by atoms with van der Waals surface area (Å²) in [5.74, 6) is 1.66. The Kier molecular flexibility index (Phi) is 4.79. The van der Waals surface area contributed by atoms with Gasteiger partial charge in [-0.2, -0.15) is 0 Å². The lowest BCUT2D eigenvalue weighted by Crippen LogP contribution is -2.80. The summed E-state index contributed by atoms with van der Waals surface area (Å²) in [5.41, 5.74) is 2.53. The minimum Gasteiger partial charge on any atom is -0.497 e. The Morgan fingerprint density at radius 1 is 0.696 bits per heavy atom. The van der Waals surface area contributed by atoms with E-state index >= 15 is 0 Å². The van der Waals surface area contributed by atoms with Crippen LogP contribution in [-0.2, 0) is 13.1 Å². The third kappa shape index (κ3) is 3.82. The summed E-state index contributed by atoms with van der Waals surface area (Å²) in [4.78, 5) is 0. The number of methoxy groups -OCH3 is 2. The normalized spacial score (nSPS) is 10.7. The van der Waals surface area contributed by atoms with E-state index in [9.17, 15) is 0 Å². The van der Waals surface area contributed by atoms with Gasteiger partial charge in [0.25, 0.3) is 0 Å². The third-order valence-corrected chi connectivity index (χ3v) is 3.99. The summed E-state index contributed by atoms with van der Waals surface area (Å²) in [6, 6.07) is 21.1. The Balaban J connectivity index is 1.66. The highest BCUT2D eigenvalue weighted by Crippen LogP contribution is 2.22. The van der Waals surface area contributed by atoms with Crippen molar-refractivity contribution < 1.29 is 14.8 Å². The molecule has 0 aliphatic heterocycles. The number of quaternary nitrogens is 1. The van der Waals surface area contributed by atoms with E-state index in [1.165, 1.54) is 21.9 Å². The first-order valence-electron chi connectivity index (χ1n) is 7.80. The molecule has 0 fully saturated rings. The second kappa shape index (κ2) is 7.16. The fraction of sp³-hybridized carbons (Fsp3) is 0.200. The molecule has 2 N–H and O–H groups in total.